The van der Waals surface area contributed by atoms with Crippen LogP contribution in [0.25, 0.3) is 6.08 Å². The van der Waals surface area contributed by atoms with Crippen LogP contribution in [0.2, 0.25) is 10.0 Å². The maximum atomic E-state index is 12.1. The van der Waals surface area contributed by atoms with Crippen molar-refractivity contribution in [3.05, 3.63) is 45.3 Å². The second-order valence-electron chi connectivity index (χ2n) is 4.33. The lowest BCUT2D eigenvalue weighted by atomic mass is 10.2. The number of hydrogen-bond acceptors (Lipinski definition) is 4. The lowest BCUT2D eigenvalue weighted by Gasteiger charge is -2.09. The number of ether oxygens (including phenoxy) is 1. The van der Waals surface area contributed by atoms with E-state index >= 15 is 0 Å². The summed E-state index contributed by atoms with van der Waals surface area (Å²) in [7, 11) is 0. The van der Waals surface area contributed by atoms with Crippen LogP contribution in [0.4, 0.5) is 4.79 Å². The molecule has 4 nitrogen and oxygen atoms in total. The lowest BCUT2D eigenvalue weighted by Crippen LogP contribution is -2.27. The van der Waals surface area contributed by atoms with Gasteiger partial charge >= 0.3 is 0 Å². The van der Waals surface area contributed by atoms with Crippen molar-refractivity contribution >= 4 is 52.2 Å². The Bertz CT molecular complexity index is 650. The number of carbonyl (C=O) groups is 2. The smallest absolute Gasteiger partial charge is 0.293 e. The molecule has 0 saturated carbocycles. The molecule has 22 heavy (non-hydrogen) atoms. The summed E-state index contributed by atoms with van der Waals surface area (Å²) >= 11 is 13.1. The van der Waals surface area contributed by atoms with E-state index < -0.39 is 0 Å². The normalized spacial score (nSPS) is 16.5. The SMILES string of the molecule is C=CCN1C(=O)S/C(=C/c2cc(Cl)c(OCC)c(Cl)c2)C1=O. The number of nitrogens with zero attached hydrogens (tertiary/aromatic N) is 1. The van der Waals surface area contributed by atoms with E-state index in [0.29, 0.717) is 32.9 Å². The highest BCUT2D eigenvalue weighted by molar-refractivity contribution is 8.18. The Balaban J connectivity index is 2.32. The minimum atomic E-state index is -0.351. The monoisotopic (exact) mass is 357 g/mol. The Kier molecular flexibility index (Phi) is 5.56. The summed E-state index contributed by atoms with van der Waals surface area (Å²) < 4.78 is 5.35. The van der Waals surface area contributed by atoms with Gasteiger partial charge in [-0.15, -0.1) is 6.58 Å². The summed E-state index contributed by atoms with van der Waals surface area (Å²) in [5.41, 5.74) is 0.627. The molecule has 1 aromatic rings. The molecule has 2 rings (SSSR count). The largest absolute Gasteiger partial charge is 0.491 e. The molecule has 1 saturated heterocycles. The molecule has 1 aromatic carbocycles. The van der Waals surface area contributed by atoms with Crippen molar-refractivity contribution in [2.45, 2.75) is 6.92 Å². The molecule has 2 amide bonds. The first-order chi connectivity index (χ1) is 10.5. The van der Waals surface area contributed by atoms with Crippen LogP contribution in [0.1, 0.15) is 12.5 Å². The van der Waals surface area contributed by atoms with Crippen LogP contribution in [0, 0.1) is 0 Å². The molecule has 0 atom stereocenters. The number of imide groups is 1. The highest BCUT2D eigenvalue weighted by Gasteiger charge is 2.34. The lowest BCUT2D eigenvalue weighted by molar-refractivity contribution is -0.122. The van der Waals surface area contributed by atoms with Gasteiger partial charge < -0.3 is 4.74 Å². The van der Waals surface area contributed by atoms with Crippen LogP contribution < -0.4 is 4.74 Å². The molecule has 0 N–H and O–H groups in total. The van der Waals surface area contributed by atoms with Crippen molar-refractivity contribution in [2.75, 3.05) is 13.2 Å². The van der Waals surface area contributed by atoms with E-state index in [0.717, 1.165) is 16.7 Å². The van der Waals surface area contributed by atoms with Gasteiger partial charge in [0, 0.05) is 6.54 Å². The summed E-state index contributed by atoms with van der Waals surface area (Å²) in [5, 5.41) is 0.385. The molecule has 116 valence electrons. The molecule has 1 fully saturated rings. The topological polar surface area (TPSA) is 46.6 Å². The van der Waals surface area contributed by atoms with Crippen LogP contribution in [0.3, 0.4) is 0 Å². The average molecular weight is 358 g/mol. The van der Waals surface area contributed by atoms with E-state index in [2.05, 4.69) is 6.58 Å². The van der Waals surface area contributed by atoms with Crippen molar-refractivity contribution in [3.8, 4) is 5.75 Å². The average Bonchev–Trinajstić information content (AvgIpc) is 2.71. The summed E-state index contributed by atoms with van der Waals surface area (Å²) in [5.74, 6) is 0.0544. The van der Waals surface area contributed by atoms with E-state index in [9.17, 15) is 9.59 Å². The molecule has 0 spiro atoms. The van der Waals surface area contributed by atoms with Crippen LogP contribution in [0.5, 0.6) is 5.75 Å². The van der Waals surface area contributed by atoms with Crippen molar-refractivity contribution < 1.29 is 14.3 Å². The Labute approximate surface area is 142 Å². The first-order valence-corrected chi connectivity index (χ1v) is 8.03. The van der Waals surface area contributed by atoms with Gasteiger partial charge in [0.1, 0.15) is 0 Å². The van der Waals surface area contributed by atoms with Gasteiger partial charge in [-0.3, -0.25) is 14.5 Å². The number of thioether (sulfide) groups is 1. The van der Waals surface area contributed by atoms with Crippen LogP contribution >= 0.6 is 35.0 Å². The molecular formula is C15H13Cl2NO3S. The van der Waals surface area contributed by atoms with Gasteiger partial charge in [0.2, 0.25) is 0 Å². The minimum Gasteiger partial charge on any atom is -0.491 e. The van der Waals surface area contributed by atoms with Gasteiger partial charge in [-0.05, 0) is 42.5 Å². The first kappa shape index (κ1) is 16.9. The first-order valence-electron chi connectivity index (χ1n) is 6.46. The Morgan fingerprint density at radius 2 is 1.95 bits per heavy atom. The number of benzene rings is 1. The van der Waals surface area contributed by atoms with Crippen molar-refractivity contribution in [3.63, 3.8) is 0 Å². The second-order valence-corrected chi connectivity index (χ2v) is 6.14. The highest BCUT2D eigenvalue weighted by Crippen LogP contribution is 2.37. The molecule has 0 aliphatic carbocycles. The third-order valence-corrected chi connectivity index (χ3v) is 4.26. The maximum Gasteiger partial charge on any atom is 0.293 e. The Hall–Kier alpha value is -1.43. The predicted molar refractivity (Wildman–Crippen MR) is 90.5 cm³/mol. The third kappa shape index (κ3) is 3.48. The van der Waals surface area contributed by atoms with Gasteiger partial charge in [0.15, 0.2) is 5.75 Å². The van der Waals surface area contributed by atoms with Gasteiger partial charge in [-0.25, -0.2) is 0 Å². The molecule has 1 aliphatic heterocycles. The number of amides is 2. The molecule has 7 heteroatoms. The zero-order valence-electron chi connectivity index (χ0n) is 11.8. The van der Waals surface area contributed by atoms with E-state index in [4.69, 9.17) is 27.9 Å². The van der Waals surface area contributed by atoms with Crippen molar-refractivity contribution in [1.82, 2.24) is 4.90 Å². The van der Waals surface area contributed by atoms with Crippen molar-refractivity contribution in [2.24, 2.45) is 0 Å². The van der Waals surface area contributed by atoms with Crippen LogP contribution in [-0.4, -0.2) is 29.2 Å². The van der Waals surface area contributed by atoms with E-state index in [1.54, 1.807) is 18.2 Å². The molecule has 0 unspecified atom stereocenters. The van der Waals surface area contributed by atoms with E-state index in [-0.39, 0.29) is 17.7 Å². The zero-order chi connectivity index (χ0) is 16.3. The summed E-state index contributed by atoms with van der Waals surface area (Å²) in [6, 6.07) is 3.28. The molecule has 0 aromatic heterocycles. The predicted octanol–water partition coefficient (Wildman–Crippen LogP) is 4.61. The van der Waals surface area contributed by atoms with Crippen LogP contribution in [-0.2, 0) is 4.79 Å². The summed E-state index contributed by atoms with van der Waals surface area (Å²) in [6.45, 7) is 5.99. The molecule has 1 aliphatic rings. The third-order valence-electron chi connectivity index (χ3n) is 2.79. The quantitative estimate of drug-likeness (QED) is 0.569. The number of halogens is 2. The number of rotatable bonds is 5. The number of carbonyl (C=O) groups excluding carboxylic acids is 2. The van der Waals surface area contributed by atoms with Gasteiger partial charge in [0.25, 0.3) is 11.1 Å². The Morgan fingerprint density at radius 1 is 1.32 bits per heavy atom. The van der Waals surface area contributed by atoms with Crippen molar-refractivity contribution in [1.29, 1.82) is 0 Å². The zero-order valence-corrected chi connectivity index (χ0v) is 14.1. The minimum absolute atomic E-state index is 0.187. The maximum absolute atomic E-state index is 12.1. The summed E-state index contributed by atoms with van der Waals surface area (Å²) in [6.07, 6.45) is 3.09. The molecule has 0 bridgehead atoms. The number of hydrogen-bond donors (Lipinski definition) is 0. The molecule has 0 radical (unpaired) electrons. The van der Waals surface area contributed by atoms with E-state index in [1.165, 1.54) is 6.08 Å². The standard InChI is InChI=1S/C15H13Cl2NO3S/c1-3-5-18-14(19)12(22-15(18)20)8-9-6-10(16)13(21-4-2)11(17)7-9/h3,6-8H,1,4-5H2,2H3/b12-8+. The Morgan fingerprint density at radius 3 is 2.50 bits per heavy atom. The van der Waals surface area contributed by atoms with Gasteiger partial charge in [0.05, 0.1) is 21.6 Å². The van der Waals surface area contributed by atoms with Gasteiger partial charge in [-0.1, -0.05) is 29.3 Å². The molecular weight excluding hydrogens is 345 g/mol. The molecule has 1 heterocycles. The fraction of sp³-hybridized carbons (Fsp3) is 0.200. The fourth-order valence-electron chi connectivity index (χ4n) is 1.88. The summed E-state index contributed by atoms with van der Waals surface area (Å²) in [4.78, 5) is 25.3. The second kappa shape index (κ2) is 7.22. The fourth-order valence-corrected chi connectivity index (χ4v) is 3.34. The van der Waals surface area contributed by atoms with E-state index in [1.807, 2.05) is 6.92 Å². The highest BCUT2D eigenvalue weighted by atomic mass is 35.5. The van der Waals surface area contributed by atoms with Gasteiger partial charge in [-0.2, -0.15) is 0 Å². The van der Waals surface area contributed by atoms with Crippen LogP contribution in [0.15, 0.2) is 29.7 Å².